The van der Waals surface area contributed by atoms with E-state index in [0.717, 1.165) is 19.6 Å². The second-order valence-electron chi connectivity index (χ2n) is 6.11. The quantitative estimate of drug-likeness (QED) is 0.678. The van der Waals surface area contributed by atoms with Crippen molar-refractivity contribution in [2.45, 2.75) is 46.6 Å². The topological polar surface area (TPSA) is 12.5 Å². The molecule has 2 nitrogen and oxygen atoms in total. The van der Waals surface area contributed by atoms with Crippen molar-refractivity contribution in [3.05, 3.63) is 0 Å². The molecule has 0 aliphatic rings. The van der Waals surface area contributed by atoms with Crippen molar-refractivity contribution in [2.75, 3.05) is 27.2 Å². The van der Waals surface area contributed by atoms with Crippen LogP contribution in [0.1, 0.15) is 41.0 Å². The predicted octanol–water partition coefficient (Wildman–Crippen LogP) is 2.78. The average Bonchev–Trinajstić information content (AvgIpc) is 1.78. The lowest BCUT2D eigenvalue weighted by Crippen LogP contribution is -2.31. The molecule has 2 heteroatoms. The van der Waals surface area contributed by atoms with E-state index in [2.05, 4.69) is 53.6 Å². The lowest BCUT2D eigenvalue weighted by Gasteiger charge is -2.29. The highest BCUT2D eigenvalue weighted by atomic mass is 16.5. The molecule has 0 spiro atoms. The molecule has 0 unspecified atom stereocenters. The Morgan fingerprint density at radius 1 is 1.00 bits per heavy atom. The Morgan fingerprint density at radius 2 is 1.50 bits per heavy atom. The van der Waals surface area contributed by atoms with E-state index in [1.165, 1.54) is 0 Å². The van der Waals surface area contributed by atoms with Crippen molar-refractivity contribution < 1.29 is 4.74 Å². The minimum Gasteiger partial charge on any atom is -0.376 e. The first-order chi connectivity index (χ1) is 6.12. The summed E-state index contributed by atoms with van der Waals surface area (Å²) in [7, 11) is 4.23. The standard InChI is InChI=1S/C12H27NO/c1-11(2,3)14-9-8-12(4,5)10-13(6)7/h8-10H2,1-7H3. The smallest absolute Gasteiger partial charge is 0.0598 e. The number of ether oxygens (including phenoxy) is 1. The van der Waals surface area contributed by atoms with Crippen LogP contribution in [0, 0.1) is 5.41 Å². The van der Waals surface area contributed by atoms with Crippen LogP contribution in [0.5, 0.6) is 0 Å². The van der Waals surface area contributed by atoms with Crippen LogP contribution >= 0.6 is 0 Å². The Labute approximate surface area is 89.6 Å². The van der Waals surface area contributed by atoms with Gasteiger partial charge in [0.1, 0.15) is 0 Å². The van der Waals surface area contributed by atoms with E-state index in [1.54, 1.807) is 0 Å². The summed E-state index contributed by atoms with van der Waals surface area (Å²) in [5.74, 6) is 0. The van der Waals surface area contributed by atoms with Crippen molar-refractivity contribution in [2.24, 2.45) is 5.41 Å². The highest BCUT2D eigenvalue weighted by Crippen LogP contribution is 2.22. The summed E-state index contributed by atoms with van der Waals surface area (Å²) < 4.78 is 5.73. The molecule has 0 heterocycles. The van der Waals surface area contributed by atoms with Gasteiger partial charge >= 0.3 is 0 Å². The van der Waals surface area contributed by atoms with Gasteiger partial charge in [-0.3, -0.25) is 0 Å². The molecular formula is C12H27NO. The SMILES string of the molecule is CN(C)CC(C)(C)CCOC(C)(C)C. The van der Waals surface area contributed by atoms with Crippen LogP contribution in [-0.2, 0) is 4.74 Å². The molecule has 0 aliphatic heterocycles. The molecule has 0 bridgehead atoms. The Kier molecular flexibility index (Phi) is 5.10. The van der Waals surface area contributed by atoms with Crippen molar-refractivity contribution >= 4 is 0 Å². The summed E-state index contributed by atoms with van der Waals surface area (Å²) in [4.78, 5) is 2.23. The van der Waals surface area contributed by atoms with Gasteiger partial charge in [0.2, 0.25) is 0 Å². The third-order valence-electron chi connectivity index (χ3n) is 2.06. The number of hydrogen-bond donors (Lipinski definition) is 0. The van der Waals surface area contributed by atoms with Crippen LogP contribution in [0.15, 0.2) is 0 Å². The van der Waals surface area contributed by atoms with E-state index in [0.29, 0.717) is 5.41 Å². The molecule has 0 aromatic carbocycles. The fourth-order valence-electron chi connectivity index (χ4n) is 1.57. The van der Waals surface area contributed by atoms with E-state index in [9.17, 15) is 0 Å². The summed E-state index contributed by atoms with van der Waals surface area (Å²) in [6.45, 7) is 12.9. The van der Waals surface area contributed by atoms with Crippen LogP contribution in [0.3, 0.4) is 0 Å². The van der Waals surface area contributed by atoms with Crippen molar-refractivity contribution in [1.29, 1.82) is 0 Å². The number of nitrogens with zero attached hydrogens (tertiary/aromatic N) is 1. The van der Waals surface area contributed by atoms with Gasteiger partial charge in [-0.25, -0.2) is 0 Å². The van der Waals surface area contributed by atoms with Gasteiger partial charge in [0.15, 0.2) is 0 Å². The Balaban J connectivity index is 3.76. The molecule has 0 aromatic heterocycles. The maximum Gasteiger partial charge on any atom is 0.0598 e. The molecule has 14 heavy (non-hydrogen) atoms. The lowest BCUT2D eigenvalue weighted by atomic mass is 9.89. The molecule has 0 fully saturated rings. The first-order valence-electron chi connectivity index (χ1n) is 5.41. The molecule has 0 aromatic rings. The first kappa shape index (κ1) is 13.9. The second kappa shape index (κ2) is 5.13. The molecular weight excluding hydrogens is 174 g/mol. The van der Waals surface area contributed by atoms with Gasteiger partial charge in [-0.2, -0.15) is 0 Å². The Hall–Kier alpha value is -0.0800. The summed E-state index contributed by atoms with van der Waals surface area (Å²) in [5.41, 5.74) is 0.336. The van der Waals surface area contributed by atoms with Gasteiger partial charge in [0, 0.05) is 13.2 Å². The van der Waals surface area contributed by atoms with Gasteiger partial charge in [0.05, 0.1) is 5.60 Å². The van der Waals surface area contributed by atoms with Crippen molar-refractivity contribution in [1.82, 2.24) is 4.90 Å². The summed E-state index contributed by atoms with van der Waals surface area (Å²) in [5, 5.41) is 0. The third kappa shape index (κ3) is 8.52. The van der Waals surface area contributed by atoms with Crippen LogP contribution in [0.4, 0.5) is 0 Å². The summed E-state index contributed by atoms with van der Waals surface area (Å²) >= 11 is 0. The van der Waals surface area contributed by atoms with Gasteiger partial charge in [-0.05, 0) is 46.7 Å². The average molecular weight is 201 g/mol. The van der Waals surface area contributed by atoms with E-state index in [-0.39, 0.29) is 5.60 Å². The van der Waals surface area contributed by atoms with Gasteiger partial charge in [0.25, 0.3) is 0 Å². The fourth-order valence-corrected chi connectivity index (χ4v) is 1.57. The number of rotatable bonds is 5. The first-order valence-corrected chi connectivity index (χ1v) is 5.41. The lowest BCUT2D eigenvalue weighted by molar-refractivity contribution is -0.0174. The molecule has 0 radical (unpaired) electrons. The van der Waals surface area contributed by atoms with Crippen LogP contribution < -0.4 is 0 Å². The maximum absolute atomic E-state index is 5.73. The van der Waals surface area contributed by atoms with Crippen molar-refractivity contribution in [3.63, 3.8) is 0 Å². The van der Waals surface area contributed by atoms with Gasteiger partial charge < -0.3 is 9.64 Å². The monoisotopic (exact) mass is 201 g/mol. The molecule has 0 aliphatic carbocycles. The van der Waals surface area contributed by atoms with E-state index in [1.807, 2.05) is 0 Å². The second-order valence-corrected chi connectivity index (χ2v) is 6.11. The van der Waals surface area contributed by atoms with Crippen molar-refractivity contribution in [3.8, 4) is 0 Å². The fraction of sp³-hybridized carbons (Fsp3) is 1.00. The maximum atomic E-state index is 5.73. The molecule has 0 N–H and O–H groups in total. The zero-order valence-electron chi connectivity index (χ0n) is 11.0. The highest BCUT2D eigenvalue weighted by molar-refractivity contribution is 4.71. The molecule has 0 rings (SSSR count). The molecule has 0 saturated carbocycles. The Morgan fingerprint density at radius 3 is 1.86 bits per heavy atom. The normalized spacial score (nSPS) is 13.7. The highest BCUT2D eigenvalue weighted by Gasteiger charge is 2.20. The van der Waals surface area contributed by atoms with Gasteiger partial charge in [-0.1, -0.05) is 13.8 Å². The molecule has 0 amide bonds. The minimum atomic E-state index is -0.00576. The third-order valence-corrected chi connectivity index (χ3v) is 2.06. The van der Waals surface area contributed by atoms with Crippen LogP contribution in [0.2, 0.25) is 0 Å². The van der Waals surface area contributed by atoms with E-state index in [4.69, 9.17) is 4.74 Å². The van der Waals surface area contributed by atoms with E-state index < -0.39 is 0 Å². The van der Waals surface area contributed by atoms with Gasteiger partial charge in [-0.15, -0.1) is 0 Å². The zero-order chi connectivity index (χ0) is 11.4. The minimum absolute atomic E-state index is 0.00576. The molecule has 0 atom stereocenters. The Bertz CT molecular complexity index is 156. The summed E-state index contributed by atoms with van der Waals surface area (Å²) in [6.07, 6.45) is 1.11. The van der Waals surface area contributed by atoms with E-state index >= 15 is 0 Å². The largest absolute Gasteiger partial charge is 0.376 e. The zero-order valence-corrected chi connectivity index (χ0v) is 11.0. The van der Waals surface area contributed by atoms with Crippen LogP contribution in [0.25, 0.3) is 0 Å². The predicted molar refractivity (Wildman–Crippen MR) is 62.7 cm³/mol. The van der Waals surface area contributed by atoms with Crippen LogP contribution in [-0.4, -0.2) is 37.7 Å². The number of hydrogen-bond acceptors (Lipinski definition) is 2. The molecule has 86 valence electrons. The molecule has 0 saturated heterocycles. The summed E-state index contributed by atoms with van der Waals surface area (Å²) in [6, 6.07) is 0.